The monoisotopic (exact) mass is 382 g/mol. The Hall–Kier alpha value is -2.27. The van der Waals surface area contributed by atoms with Gasteiger partial charge in [-0.3, -0.25) is 9.59 Å². The maximum absolute atomic E-state index is 12.7. The van der Waals surface area contributed by atoms with Crippen molar-refractivity contribution in [3.63, 3.8) is 0 Å². The molecule has 2 aromatic rings. The predicted molar refractivity (Wildman–Crippen MR) is 111 cm³/mol. The number of anilines is 1. The number of nitrogens with one attached hydrogen (secondary N) is 2. The van der Waals surface area contributed by atoms with E-state index < -0.39 is 0 Å². The highest BCUT2D eigenvalue weighted by Gasteiger charge is 2.17. The van der Waals surface area contributed by atoms with Gasteiger partial charge in [-0.05, 0) is 48.6 Å². The molecule has 1 heterocycles. The van der Waals surface area contributed by atoms with Crippen LogP contribution in [0.2, 0.25) is 0 Å². The molecule has 4 nitrogen and oxygen atoms in total. The van der Waals surface area contributed by atoms with Gasteiger partial charge in [0.2, 0.25) is 5.91 Å². The highest BCUT2D eigenvalue weighted by Crippen LogP contribution is 2.31. The first kappa shape index (κ1) is 19.5. The van der Waals surface area contributed by atoms with Crippen LogP contribution in [-0.4, -0.2) is 17.6 Å². The molecule has 1 aliphatic rings. The lowest BCUT2D eigenvalue weighted by Gasteiger charge is -2.16. The van der Waals surface area contributed by atoms with Crippen molar-refractivity contribution in [2.24, 2.45) is 5.92 Å². The van der Waals surface area contributed by atoms with Gasteiger partial charge in [-0.25, -0.2) is 0 Å². The molecule has 0 fully saturated rings. The molecular weight excluding hydrogens is 356 g/mol. The van der Waals surface area contributed by atoms with Gasteiger partial charge in [0, 0.05) is 22.6 Å². The number of rotatable bonds is 5. The second-order valence-corrected chi connectivity index (χ2v) is 8.53. The second kappa shape index (κ2) is 8.61. The average Bonchev–Trinajstić information content (AvgIpc) is 2.81. The average molecular weight is 383 g/mol. The van der Waals surface area contributed by atoms with Crippen LogP contribution in [0.15, 0.2) is 47.4 Å². The summed E-state index contributed by atoms with van der Waals surface area (Å²) in [5.41, 5.74) is 3.67. The van der Waals surface area contributed by atoms with Gasteiger partial charge in [-0.2, -0.15) is 0 Å². The molecule has 0 spiro atoms. The maximum atomic E-state index is 12.7. The summed E-state index contributed by atoms with van der Waals surface area (Å²) in [5.74, 6) is 1.24. The van der Waals surface area contributed by atoms with E-state index in [0.717, 1.165) is 28.3 Å². The number of fused-ring (bicyclic) bond motifs is 1. The molecule has 0 aliphatic carbocycles. The third kappa shape index (κ3) is 5.13. The first-order valence-corrected chi connectivity index (χ1v) is 10.4. The van der Waals surface area contributed by atoms with E-state index in [0.29, 0.717) is 17.9 Å². The molecule has 3 rings (SSSR count). The number of benzene rings is 2. The van der Waals surface area contributed by atoms with Gasteiger partial charge < -0.3 is 10.6 Å². The van der Waals surface area contributed by atoms with Crippen molar-refractivity contribution >= 4 is 29.3 Å². The number of thioether (sulfide) groups is 1. The lowest BCUT2D eigenvalue weighted by molar-refractivity contribution is -0.115. The molecule has 0 bridgehead atoms. The third-order valence-electron chi connectivity index (χ3n) is 4.57. The van der Waals surface area contributed by atoms with Crippen LogP contribution in [0.3, 0.4) is 0 Å². The first-order chi connectivity index (χ1) is 12.9. The third-order valence-corrected chi connectivity index (χ3v) is 5.65. The van der Waals surface area contributed by atoms with Gasteiger partial charge in [-0.15, -0.1) is 11.8 Å². The van der Waals surface area contributed by atoms with Crippen molar-refractivity contribution in [2.45, 2.75) is 44.6 Å². The molecule has 2 aromatic carbocycles. The minimum absolute atomic E-state index is 0.00587. The minimum atomic E-state index is -0.139. The summed E-state index contributed by atoms with van der Waals surface area (Å²) in [7, 11) is 0. The van der Waals surface area contributed by atoms with Crippen LogP contribution in [0, 0.1) is 5.92 Å². The fraction of sp³-hybridized carbons (Fsp3) is 0.364. The Morgan fingerprint density at radius 1 is 1.15 bits per heavy atom. The van der Waals surface area contributed by atoms with E-state index in [4.69, 9.17) is 0 Å². The van der Waals surface area contributed by atoms with Crippen molar-refractivity contribution in [2.75, 3.05) is 11.1 Å². The van der Waals surface area contributed by atoms with Gasteiger partial charge in [0.15, 0.2) is 0 Å². The smallest absolute Gasteiger partial charge is 0.251 e. The van der Waals surface area contributed by atoms with Crippen LogP contribution in [0.1, 0.15) is 54.7 Å². The van der Waals surface area contributed by atoms with Crippen molar-refractivity contribution < 1.29 is 9.59 Å². The van der Waals surface area contributed by atoms with Gasteiger partial charge >= 0.3 is 0 Å². The SMILES string of the molecule is CC(C)Cc1ccc([C@@H](C)NC(=O)c2ccc3c(c2)NC(=O)CCS3)cc1. The summed E-state index contributed by atoms with van der Waals surface area (Å²) in [4.78, 5) is 25.4. The van der Waals surface area contributed by atoms with E-state index >= 15 is 0 Å². The van der Waals surface area contributed by atoms with E-state index in [9.17, 15) is 9.59 Å². The topological polar surface area (TPSA) is 58.2 Å². The Balaban J connectivity index is 1.68. The fourth-order valence-electron chi connectivity index (χ4n) is 3.14. The molecule has 1 aliphatic heterocycles. The zero-order valence-corrected chi connectivity index (χ0v) is 16.9. The summed E-state index contributed by atoms with van der Waals surface area (Å²) in [6.07, 6.45) is 1.55. The standard InChI is InChI=1S/C22H26N2O2S/c1-14(2)12-16-4-6-17(7-5-16)15(3)23-22(26)18-8-9-20-19(13-18)24-21(25)10-11-27-20/h4-9,13-15H,10-12H2,1-3H3,(H,23,26)(H,24,25)/t15-/m1/s1. The van der Waals surface area contributed by atoms with Crippen molar-refractivity contribution in [3.05, 3.63) is 59.2 Å². The van der Waals surface area contributed by atoms with Crippen molar-refractivity contribution in [3.8, 4) is 0 Å². The number of carbonyl (C=O) groups is 2. The molecule has 5 heteroatoms. The van der Waals surface area contributed by atoms with E-state index in [1.807, 2.05) is 19.1 Å². The first-order valence-electron chi connectivity index (χ1n) is 9.39. The molecule has 142 valence electrons. The molecule has 2 N–H and O–H groups in total. The zero-order chi connectivity index (χ0) is 19.4. The molecule has 27 heavy (non-hydrogen) atoms. The van der Waals surface area contributed by atoms with Crippen molar-refractivity contribution in [1.29, 1.82) is 0 Å². The number of carbonyl (C=O) groups excluding carboxylic acids is 2. The molecule has 2 amide bonds. The normalized spacial score (nSPS) is 14.9. The molecule has 0 radical (unpaired) electrons. The van der Waals surface area contributed by atoms with E-state index in [1.54, 1.807) is 17.8 Å². The van der Waals surface area contributed by atoms with Crippen LogP contribution in [0.4, 0.5) is 5.69 Å². The summed E-state index contributed by atoms with van der Waals surface area (Å²) in [6, 6.07) is 13.8. The lowest BCUT2D eigenvalue weighted by Crippen LogP contribution is -2.26. The van der Waals surface area contributed by atoms with Crippen LogP contribution < -0.4 is 10.6 Å². The number of hydrogen-bond acceptors (Lipinski definition) is 3. The number of hydrogen-bond donors (Lipinski definition) is 2. The Kier molecular flexibility index (Phi) is 6.22. The highest BCUT2D eigenvalue weighted by atomic mass is 32.2. The van der Waals surface area contributed by atoms with E-state index in [1.165, 1.54) is 5.56 Å². The van der Waals surface area contributed by atoms with Crippen LogP contribution in [0.5, 0.6) is 0 Å². The predicted octanol–water partition coefficient (Wildman–Crippen LogP) is 4.81. The quantitative estimate of drug-likeness (QED) is 0.780. The molecule has 0 aromatic heterocycles. The Labute approximate surface area is 165 Å². The number of amides is 2. The minimum Gasteiger partial charge on any atom is -0.346 e. The highest BCUT2D eigenvalue weighted by molar-refractivity contribution is 7.99. The van der Waals surface area contributed by atoms with Crippen molar-refractivity contribution in [1.82, 2.24) is 5.32 Å². The van der Waals surface area contributed by atoms with E-state index in [-0.39, 0.29) is 17.9 Å². The molecule has 0 saturated heterocycles. The fourth-order valence-corrected chi connectivity index (χ4v) is 4.08. The molecule has 0 saturated carbocycles. The van der Waals surface area contributed by atoms with Gasteiger partial charge in [0.05, 0.1) is 11.7 Å². The van der Waals surface area contributed by atoms with Gasteiger partial charge in [0.25, 0.3) is 5.91 Å². The van der Waals surface area contributed by atoms with Gasteiger partial charge in [0.1, 0.15) is 0 Å². The molecule has 1 atom stereocenters. The Morgan fingerprint density at radius 3 is 2.59 bits per heavy atom. The molecule has 0 unspecified atom stereocenters. The zero-order valence-electron chi connectivity index (χ0n) is 16.0. The van der Waals surface area contributed by atoms with E-state index in [2.05, 4.69) is 48.7 Å². The lowest BCUT2D eigenvalue weighted by atomic mass is 10.00. The van der Waals surface area contributed by atoms with Crippen LogP contribution in [-0.2, 0) is 11.2 Å². The summed E-state index contributed by atoms with van der Waals surface area (Å²) in [6.45, 7) is 6.40. The van der Waals surface area contributed by atoms with Gasteiger partial charge in [-0.1, -0.05) is 38.1 Å². The Morgan fingerprint density at radius 2 is 1.89 bits per heavy atom. The van der Waals surface area contributed by atoms with Crippen LogP contribution >= 0.6 is 11.8 Å². The van der Waals surface area contributed by atoms with Crippen LogP contribution in [0.25, 0.3) is 0 Å². The molecular formula is C22H26N2O2S. The summed E-state index contributed by atoms with van der Waals surface area (Å²) in [5, 5.41) is 5.93. The largest absolute Gasteiger partial charge is 0.346 e. The maximum Gasteiger partial charge on any atom is 0.251 e. The second-order valence-electron chi connectivity index (χ2n) is 7.39. The summed E-state index contributed by atoms with van der Waals surface area (Å²) >= 11 is 1.63. The Bertz CT molecular complexity index is 831. The summed E-state index contributed by atoms with van der Waals surface area (Å²) < 4.78 is 0.